The van der Waals surface area contributed by atoms with E-state index >= 15 is 9.59 Å². The van der Waals surface area contributed by atoms with Crippen LogP contribution in [0.5, 0.6) is 11.5 Å². The lowest BCUT2D eigenvalue weighted by Crippen LogP contribution is -2.52. The Labute approximate surface area is 421 Å². The summed E-state index contributed by atoms with van der Waals surface area (Å²) in [6, 6.07) is 26.8. The Morgan fingerprint density at radius 3 is 2.16 bits per heavy atom. The van der Waals surface area contributed by atoms with E-state index in [0.717, 1.165) is 53.4 Å². The number of halogens is 3. The first-order valence-corrected chi connectivity index (χ1v) is 24.5. The number of nitrogens with zero attached hydrogens (tertiary/aromatic N) is 6. The van der Waals surface area contributed by atoms with E-state index in [0.29, 0.717) is 39.9 Å². The van der Waals surface area contributed by atoms with E-state index in [9.17, 15) is 14.7 Å². The Hall–Kier alpha value is -5.24. The number of benzene rings is 4. The van der Waals surface area contributed by atoms with Crippen LogP contribution >= 0.6 is 35.6 Å². The molecule has 0 spiro atoms. The van der Waals surface area contributed by atoms with E-state index in [1.807, 2.05) is 61.8 Å². The van der Waals surface area contributed by atoms with Crippen LogP contribution in [0.25, 0.3) is 11.3 Å². The van der Waals surface area contributed by atoms with E-state index in [1.54, 1.807) is 61.2 Å². The Morgan fingerprint density at radius 1 is 0.783 bits per heavy atom. The average molecular weight is 998 g/mol. The van der Waals surface area contributed by atoms with Crippen molar-refractivity contribution < 1.29 is 29.0 Å². The second-order valence-corrected chi connectivity index (χ2v) is 19.9. The first-order chi connectivity index (χ1) is 32.7. The number of ether oxygens (including phenoxy) is 1. The highest BCUT2D eigenvalue weighted by Crippen LogP contribution is 2.47. The largest absolute Gasteiger partial charge is 0.457 e. The number of Topliss-reactive ketones (excluding diaryl/α,β-unsaturated/α-hetero) is 1. The molecule has 2 saturated heterocycles. The van der Waals surface area contributed by atoms with Crippen molar-refractivity contribution in [2.45, 2.75) is 89.4 Å². The zero-order valence-electron chi connectivity index (χ0n) is 40.0. The van der Waals surface area contributed by atoms with Gasteiger partial charge in [-0.25, -0.2) is 4.98 Å². The summed E-state index contributed by atoms with van der Waals surface area (Å²) in [5.74, 6) is -1.45. The second-order valence-electron chi connectivity index (χ2n) is 19.1. The molecule has 3 amide bonds. The summed E-state index contributed by atoms with van der Waals surface area (Å²) in [7, 11) is 5.42. The maximum absolute atomic E-state index is 15.2. The van der Waals surface area contributed by atoms with Crippen molar-refractivity contribution in [2.75, 3.05) is 40.3 Å². The van der Waals surface area contributed by atoms with Crippen molar-refractivity contribution in [1.29, 1.82) is 0 Å². The molecule has 4 aromatic carbocycles. The zero-order chi connectivity index (χ0) is 48.2. The van der Waals surface area contributed by atoms with E-state index < -0.39 is 42.2 Å². The fraction of sp³-hybridized carbons (Fsp3) is 0.426. The number of likely N-dealkylation sites (N-methyl/N-ethyl adjacent to an activating group) is 2. The van der Waals surface area contributed by atoms with E-state index in [2.05, 4.69) is 28.5 Å². The number of hydrogen-bond acceptors (Lipinski definition) is 8. The number of aromatic nitrogens is 2. The third-order valence-electron chi connectivity index (χ3n) is 14.5. The fourth-order valence-electron chi connectivity index (χ4n) is 10.4. The van der Waals surface area contributed by atoms with Gasteiger partial charge in [0.2, 0.25) is 17.7 Å². The normalized spacial score (nSPS) is 23.0. The lowest BCUT2D eigenvalue weighted by Gasteiger charge is -2.37. The highest BCUT2D eigenvalue weighted by molar-refractivity contribution is 6.31. The number of rotatable bonds is 11. The molecular formula is C54H63Cl3N6O6. The van der Waals surface area contributed by atoms with Gasteiger partial charge in [-0.3, -0.25) is 24.1 Å². The molecule has 366 valence electrons. The topological polar surface area (TPSA) is 129 Å². The second kappa shape index (κ2) is 22.7. The summed E-state index contributed by atoms with van der Waals surface area (Å²) in [6.45, 7) is 6.30. The van der Waals surface area contributed by atoms with Crippen molar-refractivity contribution in [3.63, 3.8) is 0 Å². The van der Waals surface area contributed by atoms with E-state index in [-0.39, 0.29) is 62.0 Å². The minimum atomic E-state index is -1.08. The van der Waals surface area contributed by atoms with Gasteiger partial charge in [-0.2, -0.15) is 0 Å². The molecule has 15 heteroatoms. The molecule has 5 aromatic rings. The lowest BCUT2D eigenvalue weighted by atomic mass is 9.82. The number of aliphatic hydroxyl groups is 1. The minimum absolute atomic E-state index is 0. The first kappa shape index (κ1) is 51.6. The number of aliphatic hydroxyl groups excluding tert-OH is 1. The molecule has 12 nitrogen and oxygen atoms in total. The molecule has 0 radical (unpaired) electrons. The van der Waals surface area contributed by atoms with Crippen LogP contribution in [-0.4, -0.2) is 110 Å². The highest BCUT2D eigenvalue weighted by Gasteiger charge is 2.43. The van der Waals surface area contributed by atoms with Crippen LogP contribution in [0.1, 0.15) is 85.9 Å². The molecule has 69 heavy (non-hydrogen) atoms. The van der Waals surface area contributed by atoms with Gasteiger partial charge in [0, 0.05) is 61.7 Å². The van der Waals surface area contributed by atoms with Crippen LogP contribution in [-0.2, 0) is 45.7 Å². The molecule has 0 saturated carbocycles. The number of fused-ring (bicyclic) bond motifs is 1. The van der Waals surface area contributed by atoms with Crippen molar-refractivity contribution in [1.82, 2.24) is 29.2 Å². The molecule has 1 N–H and O–H groups in total. The van der Waals surface area contributed by atoms with E-state index in [1.165, 1.54) is 17.7 Å². The molecule has 6 atom stereocenters. The molecule has 2 aliphatic heterocycles. The Kier molecular flexibility index (Phi) is 17.0. The number of ketones is 1. The Morgan fingerprint density at radius 2 is 1.46 bits per heavy atom. The van der Waals surface area contributed by atoms with Crippen LogP contribution in [0.3, 0.4) is 0 Å². The van der Waals surface area contributed by atoms with Crippen molar-refractivity contribution in [3.8, 4) is 22.8 Å². The molecule has 1 aromatic heterocycles. The quantitative estimate of drug-likeness (QED) is 0.139. The van der Waals surface area contributed by atoms with Gasteiger partial charge < -0.3 is 29.1 Å². The minimum Gasteiger partial charge on any atom is -0.457 e. The van der Waals surface area contributed by atoms with Gasteiger partial charge >= 0.3 is 0 Å². The molecule has 3 heterocycles. The predicted octanol–water partition coefficient (Wildman–Crippen LogP) is 9.33. The number of hydrogen-bond donors (Lipinski definition) is 1. The molecule has 8 rings (SSSR count). The number of likely N-dealkylation sites (tertiary alicyclic amines) is 1. The van der Waals surface area contributed by atoms with Gasteiger partial charge in [-0.15, -0.1) is 12.4 Å². The molecule has 2 fully saturated rings. The molecule has 1 aliphatic carbocycles. The van der Waals surface area contributed by atoms with Crippen LogP contribution in [0.15, 0.2) is 97.2 Å². The van der Waals surface area contributed by atoms with Crippen molar-refractivity contribution in [3.05, 3.63) is 135 Å². The average Bonchev–Trinajstić information content (AvgIpc) is 4.08. The summed E-state index contributed by atoms with van der Waals surface area (Å²) in [4.78, 5) is 71.0. The maximum Gasteiger partial charge on any atom is 0.228 e. The SMILES string of the molecule is C[C@H]1C[C@H]([C@@H]2CC(=O)N(Cc3ccc(Cl)cc3Oc3ccc(-c4cnc(CN5CCCC5)n4C)cc3)[C@@H](C)C(=O)C[C@@H](CO)C(=O)N(C)[C@H](Cc3ccc(Cl)cc3)CN(C)C2=O)c2ccccc21.Cl. The number of imidazole rings is 1. The number of carbonyl (C=O) groups is 4. The van der Waals surface area contributed by atoms with Crippen LogP contribution < -0.4 is 4.74 Å². The van der Waals surface area contributed by atoms with Crippen molar-refractivity contribution in [2.24, 2.45) is 18.9 Å². The summed E-state index contributed by atoms with van der Waals surface area (Å²) < 4.78 is 8.66. The lowest BCUT2D eigenvalue weighted by molar-refractivity contribution is -0.148. The third kappa shape index (κ3) is 11.7. The van der Waals surface area contributed by atoms with Crippen molar-refractivity contribution >= 4 is 59.1 Å². The highest BCUT2D eigenvalue weighted by atomic mass is 35.5. The van der Waals surface area contributed by atoms with Crippen LogP contribution in [0.2, 0.25) is 10.0 Å². The number of amides is 3. The Bertz CT molecular complexity index is 2620. The summed E-state index contributed by atoms with van der Waals surface area (Å²) in [5, 5.41) is 11.6. The van der Waals surface area contributed by atoms with Crippen LogP contribution in [0, 0.1) is 11.8 Å². The fourth-order valence-corrected chi connectivity index (χ4v) is 10.7. The summed E-state index contributed by atoms with van der Waals surface area (Å²) >= 11 is 12.8. The van der Waals surface area contributed by atoms with Gasteiger partial charge in [0.1, 0.15) is 17.3 Å². The van der Waals surface area contributed by atoms with Gasteiger partial charge in [0.15, 0.2) is 5.78 Å². The molecule has 3 aliphatic rings. The molecule has 0 unspecified atom stereocenters. The van der Waals surface area contributed by atoms with Gasteiger partial charge in [-0.05, 0) is 123 Å². The molecular weight excluding hydrogens is 935 g/mol. The third-order valence-corrected chi connectivity index (χ3v) is 15.0. The van der Waals surface area contributed by atoms with Gasteiger partial charge in [0.25, 0.3) is 0 Å². The first-order valence-electron chi connectivity index (χ1n) is 23.8. The van der Waals surface area contributed by atoms with E-state index in [4.69, 9.17) is 32.9 Å². The maximum atomic E-state index is 15.2. The summed E-state index contributed by atoms with van der Waals surface area (Å²) in [6.07, 6.45) is 4.93. The summed E-state index contributed by atoms with van der Waals surface area (Å²) in [5.41, 5.74) is 5.65. The molecule has 0 bridgehead atoms. The van der Waals surface area contributed by atoms with Crippen LogP contribution in [0.4, 0.5) is 0 Å². The smallest absolute Gasteiger partial charge is 0.228 e. The number of carbonyl (C=O) groups excluding carboxylic acids is 4. The zero-order valence-corrected chi connectivity index (χ0v) is 42.4. The monoisotopic (exact) mass is 996 g/mol. The predicted molar refractivity (Wildman–Crippen MR) is 272 cm³/mol. The Balaban J connectivity index is 0.00000703. The van der Waals surface area contributed by atoms with Gasteiger partial charge in [-0.1, -0.05) is 72.6 Å². The van der Waals surface area contributed by atoms with Gasteiger partial charge in [0.05, 0.1) is 55.5 Å². The standard InChI is InChI=1S/C54H62Cl2N6O6.ClH/c1-34-24-46(45-11-7-6-10-44(34)45)47-28-52(65)62(35(2)49(64)26-39(33-63)53(66)59(4)42(31-58(3)54(47)67)25-36-12-17-40(55)18-13-36)30-38-14-19-41(56)27-50(38)68-43-20-15-37(16-21-43)48-29-57-51(60(48)5)32-61-22-8-9-23-61;/h6-7,10-21,27,29,34-35,39,42,46-47,63H,8-9,22-26,28,30-33H2,1-5H3;1H/t34-,35-,39-,42+,46-,47-;/m0./s1.